The van der Waals surface area contributed by atoms with E-state index in [0.717, 1.165) is 30.9 Å². The Kier molecular flexibility index (Phi) is 6.29. The molecule has 0 saturated carbocycles. The maximum Gasteiger partial charge on any atom is 0.203 e. The minimum atomic E-state index is 0.634. The number of methoxy groups -OCH3 is 2. The average Bonchev–Trinajstić information content (AvgIpc) is 3.10. The van der Waals surface area contributed by atoms with Gasteiger partial charge < -0.3 is 9.47 Å². The Hall–Kier alpha value is -1.90. The van der Waals surface area contributed by atoms with Crippen LogP contribution in [0.15, 0.2) is 55.8 Å². The van der Waals surface area contributed by atoms with Gasteiger partial charge in [-0.25, -0.2) is 4.98 Å². The molecule has 0 aliphatic heterocycles. The third-order valence-corrected chi connectivity index (χ3v) is 5.34. The average molecular weight is 497 g/mol. The first kappa shape index (κ1) is 18.9. The van der Waals surface area contributed by atoms with Crippen LogP contribution >= 0.6 is 43.2 Å². The molecular weight excluding hydrogens is 482 g/mol. The van der Waals surface area contributed by atoms with E-state index >= 15 is 0 Å². The molecule has 5 nitrogen and oxygen atoms in total. The summed E-state index contributed by atoms with van der Waals surface area (Å²) in [5.41, 5.74) is 5.80. The maximum atomic E-state index is 5.33. The molecule has 0 bridgehead atoms. The summed E-state index contributed by atoms with van der Waals surface area (Å²) >= 11 is 8.40. The van der Waals surface area contributed by atoms with Crippen LogP contribution in [-0.4, -0.2) is 25.4 Å². The Morgan fingerprint density at radius 2 is 1.88 bits per heavy atom. The molecule has 26 heavy (non-hydrogen) atoms. The van der Waals surface area contributed by atoms with Gasteiger partial charge in [0.25, 0.3) is 0 Å². The van der Waals surface area contributed by atoms with Crippen molar-refractivity contribution in [2.75, 3.05) is 19.6 Å². The smallest absolute Gasteiger partial charge is 0.203 e. The molecule has 1 aromatic heterocycles. The Morgan fingerprint density at radius 1 is 1.12 bits per heavy atom. The van der Waals surface area contributed by atoms with Crippen molar-refractivity contribution < 1.29 is 9.47 Å². The van der Waals surface area contributed by atoms with Crippen LogP contribution in [0.3, 0.4) is 0 Å². The van der Waals surface area contributed by atoms with Gasteiger partial charge in [-0.15, -0.1) is 11.3 Å². The van der Waals surface area contributed by atoms with Crippen molar-refractivity contribution in [3.8, 4) is 22.8 Å². The van der Waals surface area contributed by atoms with E-state index in [1.54, 1.807) is 20.4 Å². The molecule has 0 spiro atoms. The summed E-state index contributed by atoms with van der Waals surface area (Å²) in [6.07, 6.45) is 1.70. The topological polar surface area (TPSA) is 55.7 Å². The Labute approximate surface area is 172 Å². The number of aromatic nitrogens is 1. The quantitative estimate of drug-likeness (QED) is 0.346. The molecular formula is C18H15Br2N3O2S. The normalized spacial score (nSPS) is 10.9. The number of thiazole rings is 1. The second-order valence-corrected chi connectivity index (χ2v) is 7.78. The number of nitrogens with one attached hydrogen (secondary N) is 1. The number of hydrazone groups is 1. The minimum Gasteiger partial charge on any atom is -0.493 e. The van der Waals surface area contributed by atoms with E-state index in [1.165, 1.54) is 11.3 Å². The van der Waals surface area contributed by atoms with Gasteiger partial charge in [-0.05, 0) is 45.8 Å². The summed E-state index contributed by atoms with van der Waals surface area (Å²) in [4.78, 5) is 4.54. The molecule has 0 saturated heterocycles. The van der Waals surface area contributed by atoms with E-state index in [1.807, 2.05) is 41.8 Å². The summed E-state index contributed by atoms with van der Waals surface area (Å²) in [6.45, 7) is 0. The predicted molar refractivity (Wildman–Crippen MR) is 114 cm³/mol. The van der Waals surface area contributed by atoms with Crippen molar-refractivity contribution in [2.45, 2.75) is 0 Å². The number of hydrogen-bond donors (Lipinski definition) is 1. The zero-order chi connectivity index (χ0) is 18.5. The summed E-state index contributed by atoms with van der Waals surface area (Å²) in [6, 6.07) is 11.8. The van der Waals surface area contributed by atoms with Crippen LogP contribution in [-0.2, 0) is 0 Å². The van der Waals surface area contributed by atoms with E-state index in [0.29, 0.717) is 11.5 Å². The SMILES string of the molecule is COc1cc(/C=N/Nc2nc(-c3ccc(Br)cc3)cs2)cc(Br)c1OC. The Morgan fingerprint density at radius 3 is 2.58 bits per heavy atom. The van der Waals surface area contributed by atoms with Gasteiger partial charge in [0.2, 0.25) is 5.13 Å². The number of benzene rings is 2. The number of rotatable bonds is 6. The lowest BCUT2D eigenvalue weighted by atomic mass is 10.2. The molecule has 0 unspecified atom stereocenters. The van der Waals surface area contributed by atoms with Crippen LogP contribution in [0.2, 0.25) is 0 Å². The lowest BCUT2D eigenvalue weighted by Crippen LogP contribution is -1.95. The highest BCUT2D eigenvalue weighted by atomic mass is 79.9. The summed E-state index contributed by atoms with van der Waals surface area (Å²) < 4.78 is 12.5. The van der Waals surface area contributed by atoms with Crippen molar-refractivity contribution >= 4 is 54.5 Å². The van der Waals surface area contributed by atoms with Crippen LogP contribution in [0.1, 0.15) is 5.56 Å². The van der Waals surface area contributed by atoms with Gasteiger partial charge >= 0.3 is 0 Å². The first-order valence-electron chi connectivity index (χ1n) is 7.52. The second-order valence-electron chi connectivity index (χ2n) is 5.15. The molecule has 8 heteroatoms. The molecule has 0 amide bonds. The number of halogens is 2. The third-order valence-electron chi connectivity index (χ3n) is 3.47. The monoisotopic (exact) mass is 495 g/mol. The second kappa shape index (κ2) is 8.66. The molecule has 0 fully saturated rings. The highest BCUT2D eigenvalue weighted by Crippen LogP contribution is 2.35. The molecule has 0 aliphatic rings. The van der Waals surface area contributed by atoms with E-state index in [9.17, 15) is 0 Å². The number of hydrogen-bond acceptors (Lipinski definition) is 6. The minimum absolute atomic E-state index is 0.634. The van der Waals surface area contributed by atoms with Gasteiger partial charge in [-0.1, -0.05) is 28.1 Å². The fourth-order valence-corrected chi connectivity index (χ4v) is 3.81. The van der Waals surface area contributed by atoms with Gasteiger partial charge in [0, 0.05) is 15.4 Å². The van der Waals surface area contributed by atoms with Crippen molar-refractivity contribution in [1.82, 2.24) is 4.98 Å². The number of nitrogens with zero attached hydrogens (tertiary/aromatic N) is 2. The van der Waals surface area contributed by atoms with Crippen molar-refractivity contribution in [2.24, 2.45) is 5.10 Å². The lowest BCUT2D eigenvalue weighted by Gasteiger charge is -2.10. The van der Waals surface area contributed by atoms with Crippen molar-refractivity contribution in [3.63, 3.8) is 0 Å². The fraction of sp³-hybridized carbons (Fsp3) is 0.111. The zero-order valence-electron chi connectivity index (χ0n) is 14.0. The molecule has 0 aliphatic carbocycles. The standard InChI is InChI=1S/C18H15Br2N3O2S/c1-24-16-8-11(7-14(20)17(16)25-2)9-21-23-18-22-15(10-26-18)12-3-5-13(19)6-4-12/h3-10H,1-2H3,(H,22,23)/b21-9+. The molecule has 3 aromatic rings. The molecule has 3 rings (SSSR count). The molecule has 2 aromatic carbocycles. The molecule has 1 N–H and O–H groups in total. The number of anilines is 1. The van der Waals surface area contributed by atoms with Crippen LogP contribution in [0.25, 0.3) is 11.3 Å². The van der Waals surface area contributed by atoms with E-state index in [2.05, 4.69) is 47.4 Å². The Balaban J connectivity index is 1.71. The summed E-state index contributed by atoms with van der Waals surface area (Å²) in [5, 5.41) is 6.97. The highest BCUT2D eigenvalue weighted by molar-refractivity contribution is 9.10. The molecule has 0 atom stereocenters. The van der Waals surface area contributed by atoms with E-state index < -0.39 is 0 Å². The third kappa shape index (κ3) is 4.44. The molecule has 134 valence electrons. The first-order valence-corrected chi connectivity index (χ1v) is 9.99. The summed E-state index contributed by atoms with van der Waals surface area (Å²) in [7, 11) is 3.20. The predicted octanol–water partition coefficient (Wildman–Crippen LogP) is 5.80. The zero-order valence-corrected chi connectivity index (χ0v) is 18.0. The fourth-order valence-electron chi connectivity index (χ4n) is 2.25. The first-order chi connectivity index (χ1) is 12.6. The van der Waals surface area contributed by atoms with Gasteiger partial charge in [-0.3, -0.25) is 5.43 Å². The Bertz CT molecular complexity index is 927. The van der Waals surface area contributed by atoms with Crippen molar-refractivity contribution in [3.05, 3.63) is 56.3 Å². The van der Waals surface area contributed by atoms with Gasteiger partial charge in [0.15, 0.2) is 11.5 Å². The van der Waals surface area contributed by atoms with E-state index in [4.69, 9.17) is 9.47 Å². The van der Waals surface area contributed by atoms with E-state index in [-0.39, 0.29) is 0 Å². The summed E-state index contributed by atoms with van der Waals surface area (Å²) in [5.74, 6) is 1.28. The highest BCUT2D eigenvalue weighted by Gasteiger charge is 2.09. The van der Waals surface area contributed by atoms with Crippen LogP contribution in [0, 0.1) is 0 Å². The van der Waals surface area contributed by atoms with Gasteiger partial charge in [0.05, 0.1) is 30.6 Å². The molecule has 0 radical (unpaired) electrons. The molecule has 1 heterocycles. The number of ether oxygens (including phenoxy) is 2. The van der Waals surface area contributed by atoms with Crippen molar-refractivity contribution in [1.29, 1.82) is 0 Å². The van der Waals surface area contributed by atoms with Crippen LogP contribution in [0.5, 0.6) is 11.5 Å². The van der Waals surface area contributed by atoms with Gasteiger partial charge in [0.1, 0.15) is 0 Å². The van der Waals surface area contributed by atoms with Gasteiger partial charge in [-0.2, -0.15) is 5.10 Å². The maximum absolute atomic E-state index is 5.33. The largest absolute Gasteiger partial charge is 0.493 e. The lowest BCUT2D eigenvalue weighted by molar-refractivity contribution is 0.353. The van der Waals surface area contributed by atoms with Crippen LogP contribution < -0.4 is 14.9 Å². The van der Waals surface area contributed by atoms with Crippen LogP contribution in [0.4, 0.5) is 5.13 Å².